The summed E-state index contributed by atoms with van der Waals surface area (Å²) in [6.07, 6.45) is 2.56. The number of hydrogen-bond acceptors (Lipinski definition) is 4. The van der Waals surface area contributed by atoms with Crippen LogP contribution in [0, 0.1) is 0 Å². The Morgan fingerprint density at radius 1 is 1.04 bits per heavy atom. The molecule has 2 aromatic heterocycles. The lowest BCUT2D eigenvalue weighted by Gasteiger charge is -2.04. The molecule has 0 aliphatic carbocycles. The van der Waals surface area contributed by atoms with Gasteiger partial charge >= 0.3 is 0 Å². The van der Waals surface area contributed by atoms with E-state index in [-0.39, 0.29) is 17.2 Å². The third-order valence-corrected chi connectivity index (χ3v) is 4.83. The van der Waals surface area contributed by atoms with Gasteiger partial charge in [-0.15, -0.1) is 11.8 Å². The molecular formula is C20H20N2O3S. The van der Waals surface area contributed by atoms with E-state index in [4.69, 9.17) is 4.42 Å². The lowest BCUT2D eigenvalue weighted by atomic mass is 10.4. The fourth-order valence-electron chi connectivity index (χ4n) is 2.41. The van der Waals surface area contributed by atoms with E-state index in [9.17, 15) is 9.59 Å². The zero-order chi connectivity index (χ0) is 18.2. The standard InChI is InChI=1S/C20H20N2O3S/c23-19-9-4-5-13-22(19)15-16-10-11-18(25-16)20(24)21-12-6-14-26-17-7-2-1-3-8-17/h1-5,7-11,13H,6,12,14-15H2,(H,21,24). The second-order valence-electron chi connectivity index (χ2n) is 5.70. The molecule has 3 rings (SSSR count). The summed E-state index contributed by atoms with van der Waals surface area (Å²) in [5, 5.41) is 2.86. The average Bonchev–Trinajstić information content (AvgIpc) is 3.13. The van der Waals surface area contributed by atoms with Gasteiger partial charge < -0.3 is 14.3 Å². The molecule has 1 aromatic carbocycles. The van der Waals surface area contributed by atoms with Gasteiger partial charge in [-0.05, 0) is 42.5 Å². The molecule has 0 spiro atoms. The van der Waals surface area contributed by atoms with E-state index in [2.05, 4.69) is 17.4 Å². The zero-order valence-electron chi connectivity index (χ0n) is 14.3. The number of aromatic nitrogens is 1. The maximum Gasteiger partial charge on any atom is 0.286 e. The summed E-state index contributed by atoms with van der Waals surface area (Å²) >= 11 is 1.77. The molecule has 6 heteroatoms. The van der Waals surface area contributed by atoms with E-state index < -0.39 is 0 Å². The van der Waals surface area contributed by atoms with Crippen LogP contribution in [-0.4, -0.2) is 22.8 Å². The molecule has 1 N–H and O–H groups in total. The van der Waals surface area contributed by atoms with Gasteiger partial charge in [0.25, 0.3) is 11.5 Å². The number of thioether (sulfide) groups is 1. The van der Waals surface area contributed by atoms with Crippen LogP contribution in [0.25, 0.3) is 0 Å². The molecule has 3 aromatic rings. The Morgan fingerprint density at radius 3 is 2.65 bits per heavy atom. The maximum atomic E-state index is 12.1. The Hall–Kier alpha value is -2.73. The highest BCUT2D eigenvalue weighted by Crippen LogP contribution is 2.17. The van der Waals surface area contributed by atoms with Crippen molar-refractivity contribution in [3.05, 3.63) is 88.7 Å². The van der Waals surface area contributed by atoms with E-state index in [0.717, 1.165) is 12.2 Å². The van der Waals surface area contributed by atoms with Gasteiger partial charge in [-0.2, -0.15) is 0 Å². The highest BCUT2D eigenvalue weighted by atomic mass is 32.2. The first-order valence-corrected chi connectivity index (χ1v) is 9.41. The molecule has 26 heavy (non-hydrogen) atoms. The minimum Gasteiger partial charge on any atom is -0.454 e. The minimum atomic E-state index is -0.235. The molecule has 1 amide bonds. The van der Waals surface area contributed by atoms with Gasteiger partial charge in [0, 0.05) is 23.7 Å². The zero-order valence-corrected chi connectivity index (χ0v) is 15.1. The van der Waals surface area contributed by atoms with Crippen molar-refractivity contribution >= 4 is 17.7 Å². The van der Waals surface area contributed by atoms with Crippen LogP contribution in [0.15, 0.2) is 81.0 Å². The third-order valence-electron chi connectivity index (χ3n) is 3.73. The van der Waals surface area contributed by atoms with Gasteiger partial charge in [0.2, 0.25) is 0 Å². The second-order valence-corrected chi connectivity index (χ2v) is 6.87. The van der Waals surface area contributed by atoms with E-state index in [0.29, 0.717) is 18.8 Å². The van der Waals surface area contributed by atoms with Gasteiger partial charge in [0.15, 0.2) is 5.76 Å². The number of carbonyl (C=O) groups is 1. The number of nitrogens with one attached hydrogen (secondary N) is 1. The summed E-state index contributed by atoms with van der Waals surface area (Å²) < 4.78 is 7.08. The molecule has 0 saturated carbocycles. The Balaban J connectivity index is 1.43. The number of nitrogens with zero attached hydrogens (tertiary/aromatic N) is 1. The van der Waals surface area contributed by atoms with Crippen LogP contribution in [0.2, 0.25) is 0 Å². The summed E-state index contributed by atoms with van der Waals surface area (Å²) in [4.78, 5) is 25.1. The topological polar surface area (TPSA) is 64.2 Å². The third kappa shape index (κ3) is 5.13. The van der Waals surface area contributed by atoms with Crippen LogP contribution in [0.5, 0.6) is 0 Å². The molecule has 0 aliphatic heterocycles. The number of amides is 1. The smallest absolute Gasteiger partial charge is 0.286 e. The van der Waals surface area contributed by atoms with Crippen LogP contribution in [-0.2, 0) is 6.54 Å². The molecule has 0 fully saturated rings. The van der Waals surface area contributed by atoms with Crippen molar-refractivity contribution in [1.82, 2.24) is 9.88 Å². The fraction of sp³-hybridized carbons (Fsp3) is 0.200. The molecule has 5 nitrogen and oxygen atoms in total. The van der Waals surface area contributed by atoms with Crippen molar-refractivity contribution in [2.45, 2.75) is 17.9 Å². The van der Waals surface area contributed by atoms with Crippen LogP contribution in [0.1, 0.15) is 22.7 Å². The molecule has 0 bridgehead atoms. The van der Waals surface area contributed by atoms with Crippen molar-refractivity contribution in [3.63, 3.8) is 0 Å². The van der Waals surface area contributed by atoms with Crippen molar-refractivity contribution < 1.29 is 9.21 Å². The first-order valence-electron chi connectivity index (χ1n) is 8.42. The number of furan rings is 1. The van der Waals surface area contributed by atoms with Crippen LogP contribution in [0.4, 0.5) is 0 Å². The average molecular weight is 368 g/mol. The predicted octanol–water partition coefficient (Wildman–Crippen LogP) is 3.40. The van der Waals surface area contributed by atoms with Crippen LogP contribution in [0.3, 0.4) is 0 Å². The highest BCUT2D eigenvalue weighted by molar-refractivity contribution is 7.99. The second kappa shape index (κ2) is 9.10. The van der Waals surface area contributed by atoms with Crippen LogP contribution < -0.4 is 10.9 Å². The highest BCUT2D eigenvalue weighted by Gasteiger charge is 2.11. The molecule has 0 unspecified atom stereocenters. The lowest BCUT2D eigenvalue weighted by Crippen LogP contribution is -2.24. The SMILES string of the molecule is O=C(NCCCSc1ccccc1)c1ccc(Cn2ccccc2=O)o1. The lowest BCUT2D eigenvalue weighted by molar-refractivity contribution is 0.0924. The molecule has 0 radical (unpaired) electrons. The minimum absolute atomic E-state index is 0.106. The molecule has 0 saturated heterocycles. The quantitative estimate of drug-likeness (QED) is 0.489. The summed E-state index contributed by atoms with van der Waals surface area (Å²) in [7, 11) is 0. The molecule has 0 atom stereocenters. The Bertz CT molecular complexity index is 902. The summed E-state index contributed by atoms with van der Waals surface area (Å²) in [5.41, 5.74) is -0.106. The number of hydrogen-bond donors (Lipinski definition) is 1. The van der Waals surface area contributed by atoms with Gasteiger partial charge in [0.05, 0.1) is 6.54 Å². The molecular weight excluding hydrogens is 348 g/mol. The largest absolute Gasteiger partial charge is 0.454 e. The van der Waals surface area contributed by atoms with E-state index >= 15 is 0 Å². The number of carbonyl (C=O) groups excluding carboxylic acids is 1. The monoisotopic (exact) mass is 368 g/mol. The van der Waals surface area contributed by atoms with Crippen molar-refractivity contribution in [2.24, 2.45) is 0 Å². The van der Waals surface area contributed by atoms with Crippen molar-refractivity contribution in [3.8, 4) is 0 Å². The summed E-state index contributed by atoms with van der Waals surface area (Å²) in [5.74, 6) is 1.54. The molecule has 0 aliphatic rings. The molecule has 2 heterocycles. The van der Waals surface area contributed by atoms with Gasteiger partial charge in [0.1, 0.15) is 5.76 Å². The number of benzene rings is 1. The number of pyridine rings is 1. The Morgan fingerprint density at radius 2 is 1.85 bits per heavy atom. The van der Waals surface area contributed by atoms with Gasteiger partial charge in [-0.1, -0.05) is 24.3 Å². The first kappa shape index (κ1) is 18.1. The Labute approximate surface area is 156 Å². The van der Waals surface area contributed by atoms with Crippen molar-refractivity contribution in [2.75, 3.05) is 12.3 Å². The van der Waals surface area contributed by atoms with E-state index in [1.165, 1.54) is 15.5 Å². The summed E-state index contributed by atoms with van der Waals surface area (Å²) in [6.45, 7) is 0.896. The fourth-order valence-corrected chi connectivity index (χ4v) is 3.29. The maximum absolute atomic E-state index is 12.1. The normalized spacial score (nSPS) is 10.6. The van der Waals surface area contributed by atoms with E-state index in [1.807, 2.05) is 18.2 Å². The molecule has 134 valence electrons. The number of rotatable bonds is 8. The van der Waals surface area contributed by atoms with Gasteiger partial charge in [-0.3, -0.25) is 9.59 Å². The predicted molar refractivity (Wildman–Crippen MR) is 103 cm³/mol. The van der Waals surface area contributed by atoms with Crippen molar-refractivity contribution in [1.29, 1.82) is 0 Å². The van der Waals surface area contributed by atoms with Gasteiger partial charge in [-0.25, -0.2) is 0 Å². The van der Waals surface area contributed by atoms with Crippen LogP contribution >= 0.6 is 11.8 Å². The first-order chi connectivity index (χ1) is 12.7. The summed E-state index contributed by atoms with van der Waals surface area (Å²) in [6, 6.07) is 18.5. The van der Waals surface area contributed by atoms with E-state index in [1.54, 1.807) is 42.2 Å². The Kier molecular flexibility index (Phi) is 6.33.